The van der Waals surface area contributed by atoms with E-state index in [2.05, 4.69) is 4.74 Å². The molecule has 122 valence electrons. The Balaban J connectivity index is 2.67. The maximum atomic E-state index is 14.0. The molecule has 23 heavy (non-hydrogen) atoms. The van der Waals surface area contributed by atoms with Crippen molar-refractivity contribution >= 4 is 18.2 Å². The lowest BCUT2D eigenvalue weighted by Crippen LogP contribution is -2.38. The monoisotopic (exact) mass is 336 g/mol. The molecule has 0 atom stereocenters. The number of halogens is 7. The Morgan fingerprint density at radius 3 is 1.91 bits per heavy atom. The molecule has 2 aromatic rings. The fourth-order valence-electron chi connectivity index (χ4n) is 2.07. The molecule has 9 heteroatoms. The zero-order valence-corrected chi connectivity index (χ0v) is 11.8. The summed E-state index contributed by atoms with van der Waals surface area (Å²) in [5.74, 6) is -12.7. The molecule has 0 aliphatic heterocycles. The Morgan fingerprint density at radius 1 is 0.739 bits per heavy atom. The van der Waals surface area contributed by atoms with Crippen LogP contribution in [0, 0.1) is 47.6 Å². The van der Waals surface area contributed by atoms with Crippen molar-refractivity contribution < 1.29 is 35.5 Å². The highest BCUT2D eigenvalue weighted by molar-refractivity contribution is 6.67. The van der Waals surface area contributed by atoms with Crippen LogP contribution in [-0.4, -0.2) is 14.4 Å². The molecular formula is C14H8BF7O. The summed E-state index contributed by atoms with van der Waals surface area (Å²) in [6.45, 7) is 0.992. The van der Waals surface area contributed by atoms with E-state index in [9.17, 15) is 30.7 Å². The lowest BCUT2D eigenvalue weighted by atomic mass is 9.62. The molecule has 0 amide bonds. The molecule has 0 spiro atoms. The average molecular weight is 336 g/mol. The second kappa shape index (κ2) is 6.13. The van der Waals surface area contributed by atoms with Crippen molar-refractivity contribution in [2.45, 2.75) is 6.92 Å². The van der Waals surface area contributed by atoms with Gasteiger partial charge in [0.05, 0.1) is 7.11 Å². The van der Waals surface area contributed by atoms with Crippen molar-refractivity contribution in [3.63, 3.8) is 0 Å². The summed E-state index contributed by atoms with van der Waals surface area (Å²) in [4.78, 5) is 0. The smallest absolute Gasteiger partial charge is 0.208 e. The molecule has 0 bridgehead atoms. The highest BCUT2D eigenvalue weighted by Gasteiger charge is 2.28. The zero-order chi connectivity index (χ0) is 17.5. The van der Waals surface area contributed by atoms with E-state index in [0.29, 0.717) is 6.07 Å². The van der Waals surface area contributed by atoms with E-state index >= 15 is 0 Å². The van der Waals surface area contributed by atoms with Gasteiger partial charge in [0.25, 0.3) is 0 Å². The van der Waals surface area contributed by atoms with Crippen LogP contribution in [0.2, 0.25) is 0 Å². The fraction of sp³-hybridized carbons (Fsp3) is 0.143. The molecule has 0 aromatic heterocycles. The standard InChI is InChI=1S/C14H8BF7O/c1-4-5(16)3-6(17)7(9(4)18)15-8-10(19)12(21)13(22)14(23-2)11(8)20/h3,15H,1-2H3. The Bertz CT molecular complexity index is 792. The molecule has 0 fully saturated rings. The van der Waals surface area contributed by atoms with E-state index in [0.717, 1.165) is 14.0 Å². The summed E-state index contributed by atoms with van der Waals surface area (Å²) < 4.78 is 99.6. The summed E-state index contributed by atoms with van der Waals surface area (Å²) in [7, 11) is -0.282. The first-order valence-corrected chi connectivity index (χ1v) is 6.22. The average Bonchev–Trinajstić information content (AvgIpc) is 2.50. The van der Waals surface area contributed by atoms with Crippen LogP contribution in [0.3, 0.4) is 0 Å². The lowest BCUT2D eigenvalue weighted by molar-refractivity contribution is 0.338. The topological polar surface area (TPSA) is 9.23 Å². The molecule has 0 heterocycles. The quantitative estimate of drug-likeness (QED) is 0.362. The molecule has 0 radical (unpaired) electrons. The maximum absolute atomic E-state index is 14.0. The lowest BCUT2D eigenvalue weighted by Gasteiger charge is -2.12. The van der Waals surface area contributed by atoms with Crippen molar-refractivity contribution in [3.8, 4) is 5.75 Å². The van der Waals surface area contributed by atoms with E-state index in [-0.39, 0.29) is 0 Å². The van der Waals surface area contributed by atoms with Crippen LogP contribution < -0.4 is 15.7 Å². The second-order valence-electron chi connectivity index (χ2n) is 4.70. The van der Waals surface area contributed by atoms with Gasteiger partial charge in [-0.3, -0.25) is 0 Å². The van der Waals surface area contributed by atoms with Gasteiger partial charge in [-0.1, -0.05) is 0 Å². The number of benzene rings is 2. The first kappa shape index (κ1) is 17.2. The number of methoxy groups -OCH3 is 1. The highest BCUT2D eigenvalue weighted by Crippen LogP contribution is 2.24. The van der Waals surface area contributed by atoms with E-state index in [4.69, 9.17) is 0 Å². The van der Waals surface area contributed by atoms with Crippen LogP contribution in [0.1, 0.15) is 5.56 Å². The molecule has 0 N–H and O–H groups in total. The number of ether oxygens (including phenoxy) is 1. The van der Waals surface area contributed by atoms with Gasteiger partial charge < -0.3 is 4.74 Å². The minimum absolute atomic E-state index is 0.334. The summed E-state index contributed by atoms with van der Waals surface area (Å²) in [5.41, 5.74) is -2.59. The van der Waals surface area contributed by atoms with Crippen molar-refractivity contribution in [2.75, 3.05) is 7.11 Å². The van der Waals surface area contributed by atoms with Gasteiger partial charge in [0, 0.05) is 11.6 Å². The Morgan fingerprint density at radius 2 is 1.35 bits per heavy atom. The van der Waals surface area contributed by atoms with Crippen molar-refractivity contribution in [1.29, 1.82) is 0 Å². The van der Waals surface area contributed by atoms with E-state index in [1.54, 1.807) is 0 Å². The number of hydrogen-bond donors (Lipinski definition) is 0. The third kappa shape index (κ3) is 2.75. The Labute approximate surface area is 126 Å². The first-order valence-electron chi connectivity index (χ1n) is 6.22. The van der Waals surface area contributed by atoms with Gasteiger partial charge in [-0.15, -0.1) is 0 Å². The molecule has 0 aliphatic rings. The minimum atomic E-state index is -2.04. The third-order valence-corrected chi connectivity index (χ3v) is 3.37. The van der Waals surface area contributed by atoms with Gasteiger partial charge in [-0.2, -0.15) is 4.39 Å². The fourth-order valence-corrected chi connectivity index (χ4v) is 2.07. The zero-order valence-electron chi connectivity index (χ0n) is 11.8. The van der Waals surface area contributed by atoms with Crippen molar-refractivity contribution in [1.82, 2.24) is 0 Å². The van der Waals surface area contributed by atoms with Crippen LogP contribution in [0.25, 0.3) is 0 Å². The predicted molar refractivity (Wildman–Crippen MR) is 70.3 cm³/mol. The first-order chi connectivity index (χ1) is 10.7. The van der Waals surface area contributed by atoms with Crippen molar-refractivity contribution in [3.05, 3.63) is 52.4 Å². The predicted octanol–water partition coefficient (Wildman–Crippen LogP) is 2.36. The van der Waals surface area contributed by atoms with Crippen LogP contribution in [0.5, 0.6) is 5.75 Å². The number of rotatable bonds is 3. The van der Waals surface area contributed by atoms with Gasteiger partial charge in [0.15, 0.2) is 23.2 Å². The molecule has 0 aliphatic carbocycles. The Kier molecular flexibility index (Phi) is 4.58. The van der Waals surface area contributed by atoms with E-state index in [1.165, 1.54) is 0 Å². The highest BCUT2D eigenvalue weighted by atomic mass is 19.2. The molecule has 1 nitrogen and oxygen atoms in total. The van der Waals surface area contributed by atoms with Crippen LogP contribution in [0.15, 0.2) is 6.07 Å². The maximum Gasteiger partial charge on any atom is 0.208 e. The molecule has 2 rings (SSSR count). The molecule has 0 saturated heterocycles. The summed E-state index contributed by atoms with van der Waals surface area (Å²) in [5, 5.41) is 0. The van der Waals surface area contributed by atoms with Crippen LogP contribution in [-0.2, 0) is 0 Å². The van der Waals surface area contributed by atoms with Gasteiger partial charge in [-0.05, 0) is 17.8 Å². The number of hydrogen-bond acceptors (Lipinski definition) is 1. The van der Waals surface area contributed by atoms with E-state index in [1.807, 2.05) is 0 Å². The van der Waals surface area contributed by atoms with Gasteiger partial charge >= 0.3 is 0 Å². The third-order valence-electron chi connectivity index (χ3n) is 3.37. The van der Waals surface area contributed by atoms with Gasteiger partial charge in [0.2, 0.25) is 13.1 Å². The molecular weight excluding hydrogens is 328 g/mol. The molecule has 2 aromatic carbocycles. The minimum Gasteiger partial charge on any atom is -0.491 e. The van der Waals surface area contributed by atoms with Crippen LogP contribution >= 0.6 is 0 Å². The molecule has 0 saturated carbocycles. The summed E-state index contributed by atoms with van der Waals surface area (Å²) in [6.07, 6.45) is 0. The Hall–Kier alpha value is -2.19. The normalized spacial score (nSPS) is 10.8. The van der Waals surface area contributed by atoms with E-state index < -0.39 is 70.2 Å². The van der Waals surface area contributed by atoms with Gasteiger partial charge in [0.1, 0.15) is 17.5 Å². The van der Waals surface area contributed by atoms with Crippen LogP contribution in [0.4, 0.5) is 30.7 Å². The van der Waals surface area contributed by atoms with Crippen molar-refractivity contribution in [2.24, 2.45) is 0 Å². The SMILES string of the molecule is COc1c(F)c(F)c(F)c(Bc2c(F)cc(F)c(C)c2F)c1F. The summed E-state index contributed by atoms with van der Waals surface area (Å²) >= 11 is 0. The molecule has 0 unspecified atom stereocenters. The largest absolute Gasteiger partial charge is 0.491 e. The second-order valence-corrected chi connectivity index (χ2v) is 4.70. The summed E-state index contributed by atoms with van der Waals surface area (Å²) in [6, 6.07) is 0.334. The van der Waals surface area contributed by atoms with Gasteiger partial charge in [-0.25, -0.2) is 26.3 Å².